The zero-order valence-corrected chi connectivity index (χ0v) is 5.62. The van der Waals surface area contributed by atoms with E-state index < -0.39 is 0 Å². The lowest BCUT2D eigenvalue weighted by atomic mass is 10.4. The Bertz CT molecular complexity index is 244. The molecule has 2 N–H and O–H groups in total. The van der Waals surface area contributed by atoms with Crippen LogP contribution in [0.5, 0.6) is 0 Å². The van der Waals surface area contributed by atoms with Crippen LogP contribution in [0.15, 0.2) is 12.3 Å². The Balaban J connectivity index is 2.82. The molecule has 3 heteroatoms. The standard InChI is InChI=1S/C7H9N3/c1-2-5-10-7(6-8)3-4-9-10/h1,3-4H,5-6,8H2. The molecule has 0 spiro atoms. The lowest BCUT2D eigenvalue weighted by molar-refractivity contribution is 0.669. The summed E-state index contributed by atoms with van der Waals surface area (Å²) in [6.07, 6.45) is 6.79. The third kappa shape index (κ3) is 1.17. The predicted octanol–water partition coefficient (Wildman–Crippen LogP) is -0.0250. The smallest absolute Gasteiger partial charge is 0.102 e. The van der Waals surface area contributed by atoms with E-state index in [1.165, 1.54) is 0 Å². The van der Waals surface area contributed by atoms with Crippen molar-refractivity contribution in [3.8, 4) is 12.3 Å². The molecule has 10 heavy (non-hydrogen) atoms. The molecule has 0 amide bonds. The van der Waals surface area contributed by atoms with Gasteiger partial charge in [0.05, 0.1) is 5.69 Å². The Kier molecular flexibility index (Phi) is 2.08. The fraction of sp³-hybridized carbons (Fsp3) is 0.286. The molecule has 0 saturated heterocycles. The Morgan fingerprint density at radius 2 is 2.60 bits per heavy atom. The highest BCUT2D eigenvalue weighted by Crippen LogP contribution is 1.95. The van der Waals surface area contributed by atoms with Crippen LogP contribution in [-0.2, 0) is 13.1 Å². The summed E-state index contributed by atoms with van der Waals surface area (Å²) >= 11 is 0. The molecule has 0 fully saturated rings. The van der Waals surface area contributed by atoms with Crippen molar-refractivity contribution in [1.29, 1.82) is 0 Å². The molecule has 1 aromatic heterocycles. The van der Waals surface area contributed by atoms with E-state index in [4.69, 9.17) is 12.2 Å². The third-order valence-corrected chi connectivity index (χ3v) is 1.25. The number of aromatic nitrogens is 2. The predicted molar refractivity (Wildman–Crippen MR) is 39.0 cm³/mol. The molecular weight excluding hydrogens is 126 g/mol. The molecule has 0 atom stereocenters. The average Bonchev–Trinajstić information content (AvgIpc) is 2.36. The lowest BCUT2D eigenvalue weighted by Gasteiger charge is -1.98. The van der Waals surface area contributed by atoms with Gasteiger partial charge in [0.2, 0.25) is 0 Å². The van der Waals surface area contributed by atoms with Gasteiger partial charge in [-0.05, 0) is 6.07 Å². The summed E-state index contributed by atoms with van der Waals surface area (Å²) in [7, 11) is 0. The van der Waals surface area contributed by atoms with Gasteiger partial charge in [0.15, 0.2) is 0 Å². The minimum Gasteiger partial charge on any atom is -0.325 e. The Morgan fingerprint density at radius 1 is 1.80 bits per heavy atom. The lowest BCUT2D eigenvalue weighted by Crippen LogP contribution is -2.07. The van der Waals surface area contributed by atoms with Crippen LogP contribution in [0.1, 0.15) is 5.69 Å². The van der Waals surface area contributed by atoms with E-state index in [-0.39, 0.29) is 0 Å². The molecule has 0 aliphatic carbocycles. The zero-order valence-electron chi connectivity index (χ0n) is 5.62. The molecule has 1 aromatic rings. The summed E-state index contributed by atoms with van der Waals surface area (Å²) in [5, 5.41) is 3.97. The van der Waals surface area contributed by atoms with Gasteiger partial charge in [-0.1, -0.05) is 5.92 Å². The molecule has 0 bridgehead atoms. The molecule has 0 aliphatic rings. The first-order chi connectivity index (χ1) is 4.88. The van der Waals surface area contributed by atoms with Crippen LogP contribution in [-0.4, -0.2) is 9.78 Å². The highest BCUT2D eigenvalue weighted by atomic mass is 15.3. The maximum atomic E-state index is 5.40. The number of nitrogens with zero attached hydrogens (tertiary/aromatic N) is 2. The van der Waals surface area contributed by atoms with E-state index in [0.717, 1.165) is 5.69 Å². The topological polar surface area (TPSA) is 43.8 Å². The molecule has 0 radical (unpaired) electrons. The van der Waals surface area contributed by atoms with Crippen molar-refractivity contribution < 1.29 is 0 Å². The van der Waals surface area contributed by atoms with Crippen LogP contribution in [0.2, 0.25) is 0 Å². The summed E-state index contributed by atoms with van der Waals surface area (Å²) in [5.74, 6) is 2.49. The van der Waals surface area contributed by atoms with Crippen LogP contribution in [0, 0.1) is 12.3 Å². The van der Waals surface area contributed by atoms with Gasteiger partial charge in [-0.25, -0.2) is 0 Å². The van der Waals surface area contributed by atoms with Crippen molar-refractivity contribution in [3.05, 3.63) is 18.0 Å². The van der Waals surface area contributed by atoms with E-state index >= 15 is 0 Å². The molecule has 1 heterocycles. The van der Waals surface area contributed by atoms with Gasteiger partial charge in [0.25, 0.3) is 0 Å². The summed E-state index contributed by atoms with van der Waals surface area (Å²) in [4.78, 5) is 0. The van der Waals surface area contributed by atoms with Gasteiger partial charge >= 0.3 is 0 Å². The second kappa shape index (κ2) is 3.04. The van der Waals surface area contributed by atoms with E-state index in [1.54, 1.807) is 10.9 Å². The molecule has 0 saturated carbocycles. The number of rotatable bonds is 2. The first-order valence-corrected chi connectivity index (χ1v) is 3.02. The van der Waals surface area contributed by atoms with E-state index in [0.29, 0.717) is 13.1 Å². The van der Waals surface area contributed by atoms with Crippen LogP contribution >= 0.6 is 0 Å². The van der Waals surface area contributed by atoms with Gasteiger partial charge < -0.3 is 5.73 Å². The summed E-state index contributed by atoms with van der Waals surface area (Å²) < 4.78 is 1.71. The largest absolute Gasteiger partial charge is 0.325 e. The summed E-state index contributed by atoms with van der Waals surface area (Å²) in [6.45, 7) is 0.987. The van der Waals surface area contributed by atoms with Crippen LogP contribution < -0.4 is 5.73 Å². The summed E-state index contributed by atoms with van der Waals surface area (Å²) in [6, 6.07) is 1.86. The van der Waals surface area contributed by atoms with E-state index in [9.17, 15) is 0 Å². The van der Waals surface area contributed by atoms with E-state index in [1.807, 2.05) is 6.07 Å². The van der Waals surface area contributed by atoms with Crippen molar-refractivity contribution in [3.63, 3.8) is 0 Å². The summed E-state index contributed by atoms with van der Waals surface area (Å²) in [5.41, 5.74) is 6.37. The maximum absolute atomic E-state index is 5.40. The van der Waals surface area contributed by atoms with Crippen LogP contribution in [0.4, 0.5) is 0 Å². The molecule has 52 valence electrons. The van der Waals surface area contributed by atoms with Crippen LogP contribution in [0.25, 0.3) is 0 Å². The number of hydrogen-bond acceptors (Lipinski definition) is 2. The zero-order chi connectivity index (χ0) is 7.40. The first-order valence-electron chi connectivity index (χ1n) is 3.02. The molecule has 0 aliphatic heterocycles. The fourth-order valence-electron chi connectivity index (χ4n) is 0.762. The highest BCUT2D eigenvalue weighted by molar-refractivity contribution is 5.01. The number of hydrogen-bond donors (Lipinski definition) is 1. The molecular formula is C7H9N3. The minimum atomic E-state index is 0.488. The van der Waals surface area contributed by atoms with Crippen molar-refractivity contribution in [2.75, 3.05) is 0 Å². The second-order valence-electron chi connectivity index (χ2n) is 1.89. The quantitative estimate of drug-likeness (QED) is 0.579. The van der Waals surface area contributed by atoms with Gasteiger partial charge in [-0.15, -0.1) is 6.42 Å². The Morgan fingerprint density at radius 3 is 3.20 bits per heavy atom. The SMILES string of the molecule is C#CCn1nccc1CN. The van der Waals surface area contributed by atoms with Crippen molar-refractivity contribution in [2.45, 2.75) is 13.1 Å². The van der Waals surface area contributed by atoms with Crippen molar-refractivity contribution >= 4 is 0 Å². The van der Waals surface area contributed by atoms with Crippen molar-refractivity contribution in [2.24, 2.45) is 5.73 Å². The molecule has 3 nitrogen and oxygen atoms in total. The normalized spacial score (nSPS) is 9.20. The number of nitrogens with two attached hydrogens (primary N) is 1. The average molecular weight is 135 g/mol. The third-order valence-electron chi connectivity index (χ3n) is 1.25. The first kappa shape index (κ1) is 6.84. The second-order valence-corrected chi connectivity index (χ2v) is 1.89. The number of terminal acetylenes is 1. The molecule has 0 aromatic carbocycles. The fourth-order valence-corrected chi connectivity index (χ4v) is 0.762. The highest BCUT2D eigenvalue weighted by Gasteiger charge is 1.95. The van der Waals surface area contributed by atoms with Crippen LogP contribution in [0.3, 0.4) is 0 Å². The van der Waals surface area contributed by atoms with Gasteiger partial charge in [-0.2, -0.15) is 5.10 Å². The van der Waals surface area contributed by atoms with E-state index in [2.05, 4.69) is 11.0 Å². The Hall–Kier alpha value is -1.27. The van der Waals surface area contributed by atoms with Crippen molar-refractivity contribution in [1.82, 2.24) is 9.78 Å². The molecule has 1 rings (SSSR count). The monoisotopic (exact) mass is 135 g/mol. The molecule has 0 unspecified atom stereocenters. The van der Waals surface area contributed by atoms with Gasteiger partial charge in [0.1, 0.15) is 6.54 Å². The Labute approximate surface area is 59.8 Å². The van der Waals surface area contributed by atoms with Gasteiger partial charge in [0, 0.05) is 12.7 Å². The minimum absolute atomic E-state index is 0.488. The maximum Gasteiger partial charge on any atom is 0.102 e. The van der Waals surface area contributed by atoms with Gasteiger partial charge in [-0.3, -0.25) is 4.68 Å².